The van der Waals surface area contributed by atoms with Crippen molar-refractivity contribution in [3.8, 4) is 11.3 Å². The van der Waals surface area contributed by atoms with Crippen molar-refractivity contribution in [2.75, 3.05) is 12.3 Å². The van der Waals surface area contributed by atoms with Crippen molar-refractivity contribution in [3.05, 3.63) is 83.9 Å². The van der Waals surface area contributed by atoms with E-state index in [9.17, 15) is 9.90 Å². The second kappa shape index (κ2) is 8.55. The second-order valence-corrected chi connectivity index (χ2v) is 8.52. The molecule has 5 rings (SSSR count). The maximum absolute atomic E-state index is 12.8. The van der Waals surface area contributed by atoms with Crippen molar-refractivity contribution >= 4 is 17.1 Å². The lowest BCUT2D eigenvalue weighted by Crippen LogP contribution is -2.17. The molecule has 1 aliphatic rings. The molecule has 2 aromatic heterocycles. The highest BCUT2D eigenvalue weighted by molar-refractivity contribution is 6.09. The molecule has 162 valence electrons. The molecule has 6 nitrogen and oxygen atoms in total. The molecule has 1 fully saturated rings. The minimum Gasteiger partial charge on any atom is -0.396 e. The number of nitrogens with zero attached hydrogens (tertiary/aromatic N) is 3. The van der Waals surface area contributed by atoms with Gasteiger partial charge in [-0.25, -0.2) is 9.97 Å². The zero-order valence-corrected chi connectivity index (χ0v) is 17.8. The molecule has 2 aromatic carbocycles. The topological polar surface area (TPSA) is 93.5 Å². The van der Waals surface area contributed by atoms with Gasteiger partial charge in [0.05, 0.1) is 0 Å². The summed E-state index contributed by atoms with van der Waals surface area (Å²) in [6, 6.07) is 16.8. The first kappa shape index (κ1) is 20.4. The fraction of sp³-hybridized carbons (Fsp3) is 0.269. The van der Waals surface area contributed by atoms with Gasteiger partial charge in [-0.05, 0) is 31.6 Å². The quantitative estimate of drug-likeness (QED) is 0.459. The zero-order valence-electron chi connectivity index (χ0n) is 17.8. The van der Waals surface area contributed by atoms with E-state index >= 15 is 0 Å². The number of aliphatic hydroxyl groups excluding tert-OH is 1. The Morgan fingerprint density at radius 2 is 1.69 bits per heavy atom. The number of benzene rings is 2. The van der Waals surface area contributed by atoms with E-state index in [4.69, 9.17) is 10.7 Å². The molecule has 6 heteroatoms. The number of carbonyl (C=O) groups excluding carboxylic acids is 1. The number of ketones is 1. The number of nitrogens with two attached hydrogens (primary N) is 1. The predicted octanol–water partition coefficient (Wildman–Crippen LogP) is 4.48. The molecule has 0 spiro atoms. The van der Waals surface area contributed by atoms with Gasteiger partial charge in [-0.3, -0.25) is 9.20 Å². The van der Waals surface area contributed by atoms with E-state index in [1.165, 1.54) is 0 Å². The van der Waals surface area contributed by atoms with E-state index < -0.39 is 0 Å². The summed E-state index contributed by atoms with van der Waals surface area (Å²) in [6.45, 7) is 0.255. The Balaban J connectivity index is 1.51. The van der Waals surface area contributed by atoms with Crippen molar-refractivity contribution < 1.29 is 9.90 Å². The van der Waals surface area contributed by atoms with Crippen LogP contribution in [0, 0.1) is 5.92 Å². The first-order valence-electron chi connectivity index (χ1n) is 11.1. The van der Waals surface area contributed by atoms with Crippen LogP contribution < -0.4 is 5.73 Å². The Bertz CT molecular complexity index is 1240. The fourth-order valence-electron chi connectivity index (χ4n) is 4.72. The first-order valence-corrected chi connectivity index (χ1v) is 11.1. The van der Waals surface area contributed by atoms with Gasteiger partial charge in [0.15, 0.2) is 5.78 Å². The Kier molecular flexibility index (Phi) is 5.45. The van der Waals surface area contributed by atoms with Crippen LogP contribution in [0.25, 0.3) is 16.8 Å². The zero-order chi connectivity index (χ0) is 22.1. The molecule has 1 aliphatic carbocycles. The van der Waals surface area contributed by atoms with Gasteiger partial charge in [-0.15, -0.1) is 0 Å². The molecule has 0 saturated heterocycles. The molecule has 2 heterocycles. The molecule has 0 aliphatic heterocycles. The maximum Gasteiger partial charge on any atom is 0.193 e. The van der Waals surface area contributed by atoms with Crippen LogP contribution in [0.5, 0.6) is 0 Å². The minimum absolute atomic E-state index is 0.00522. The van der Waals surface area contributed by atoms with Crippen molar-refractivity contribution in [2.24, 2.45) is 5.92 Å². The van der Waals surface area contributed by atoms with E-state index in [1.54, 1.807) is 6.20 Å². The molecular formula is C26H26N4O2. The summed E-state index contributed by atoms with van der Waals surface area (Å²) in [6.07, 6.45) is 7.62. The minimum atomic E-state index is -0.00522. The highest BCUT2D eigenvalue weighted by Crippen LogP contribution is 2.38. The van der Waals surface area contributed by atoms with E-state index in [0.29, 0.717) is 28.8 Å². The number of imidazole rings is 1. The average molecular weight is 427 g/mol. The van der Waals surface area contributed by atoms with Crippen molar-refractivity contribution in [1.82, 2.24) is 14.4 Å². The summed E-state index contributed by atoms with van der Waals surface area (Å²) >= 11 is 0. The second-order valence-electron chi connectivity index (χ2n) is 8.52. The van der Waals surface area contributed by atoms with Crippen LogP contribution in [0.4, 0.5) is 5.82 Å². The van der Waals surface area contributed by atoms with Crippen molar-refractivity contribution in [3.63, 3.8) is 0 Å². The smallest absolute Gasteiger partial charge is 0.193 e. The van der Waals surface area contributed by atoms with E-state index in [-0.39, 0.29) is 12.4 Å². The van der Waals surface area contributed by atoms with Gasteiger partial charge in [0.25, 0.3) is 0 Å². The third-order valence-electron chi connectivity index (χ3n) is 6.54. The Morgan fingerprint density at radius 1 is 1.00 bits per heavy atom. The number of hydrogen-bond donors (Lipinski definition) is 2. The van der Waals surface area contributed by atoms with Crippen LogP contribution in [-0.4, -0.2) is 31.9 Å². The number of fused-ring (bicyclic) bond motifs is 1. The predicted molar refractivity (Wildman–Crippen MR) is 124 cm³/mol. The molecular weight excluding hydrogens is 400 g/mol. The lowest BCUT2D eigenvalue weighted by molar-refractivity contribution is 0.103. The van der Waals surface area contributed by atoms with E-state index in [2.05, 4.69) is 9.38 Å². The van der Waals surface area contributed by atoms with Crippen LogP contribution in [0.2, 0.25) is 0 Å². The third-order valence-corrected chi connectivity index (χ3v) is 6.54. The van der Waals surface area contributed by atoms with Gasteiger partial charge in [0.2, 0.25) is 0 Å². The molecule has 0 amide bonds. The fourth-order valence-corrected chi connectivity index (χ4v) is 4.72. The molecule has 0 bridgehead atoms. The van der Waals surface area contributed by atoms with Crippen LogP contribution in [0.3, 0.4) is 0 Å². The van der Waals surface area contributed by atoms with Gasteiger partial charge in [-0.1, -0.05) is 54.6 Å². The highest BCUT2D eigenvalue weighted by atomic mass is 16.3. The maximum atomic E-state index is 12.8. The van der Waals surface area contributed by atoms with Crippen LogP contribution in [0.15, 0.2) is 67.0 Å². The highest BCUT2D eigenvalue weighted by Gasteiger charge is 2.27. The summed E-state index contributed by atoms with van der Waals surface area (Å²) in [4.78, 5) is 22.1. The number of aliphatic hydroxyl groups is 1. The monoisotopic (exact) mass is 426 g/mol. The molecule has 32 heavy (non-hydrogen) atoms. The van der Waals surface area contributed by atoms with Crippen molar-refractivity contribution in [2.45, 2.75) is 31.6 Å². The molecule has 0 atom stereocenters. The third kappa shape index (κ3) is 3.67. The standard InChI is InChI=1S/C26H26N4O2/c27-25-23-22(18-10-12-20(13-11-18)24(32)19-4-2-1-3-5-19)29-26(30(23)15-14-28-25)21-8-6-17(16-31)7-9-21/h1-5,10-15,17,21,31H,6-9,16H2,(H2,27,28)/t17-,21-. The van der Waals surface area contributed by atoms with Gasteiger partial charge in [0, 0.05) is 41.6 Å². The van der Waals surface area contributed by atoms with Crippen molar-refractivity contribution in [1.29, 1.82) is 0 Å². The number of anilines is 1. The number of hydrogen-bond acceptors (Lipinski definition) is 5. The normalized spacial score (nSPS) is 18.7. The number of aromatic nitrogens is 3. The molecule has 4 aromatic rings. The van der Waals surface area contributed by atoms with Crippen LogP contribution in [0.1, 0.15) is 53.3 Å². The SMILES string of the molecule is Nc1nccn2c1c(-c1ccc(C(=O)c3ccccc3)cc1)nc2[C@H]1CC[C@H](CO)CC1. The molecule has 3 N–H and O–H groups in total. The Labute approximate surface area is 186 Å². The van der Waals surface area contributed by atoms with E-state index in [1.807, 2.05) is 60.8 Å². The molecule has 0 radical (unpaired) electrons. The average Bonchev–Trinajstić information content (AvgIpc) is 3.25. The lowest BCUT2D eigenvalue weighted by Gasteiger charge is -2.26. The summed E-state index contributed by atoms with van der Waals surface area (Å²) in [5, 5.41) is 9.47. The van der Waals surface area contributed by atoms with Crippen LogP contribution in [-0.2, 0) is 0 Å². The summed E-state index contributed by atoms with van der Waals surface area (Å²) in [7, 11) is 0. The largest absolute Gasteiger partial charge is 0.396 e. The number of rotatable bonds is 5. The van der Waals surface area contributed by atoms with Crippen LogP contribution >= 0.6 is 0 Å². The number of carbonyl (C=O) groups is 1. The summed E-state index contributed by atoms with van der Waals surface area (Å²) in [5.41, 5.74) is 10.1. The molecule has 1 saturated carbocycles. The van der Waals surface area contributed by atoms with Gasteiger partial charge < -0.3 is 10.8 Å². The first-order chi connectivity index (χ1) is 15.7. The van der Waals surface area contributed by atoms with Gasteiger partial charge in [0.1, 0.15) is 22.9 Å². The Morgan fingerprint density at radius 3 is 2.38 bits per heavy atom. The van der Waals surface area contributed by atoms with E-state index in [0.717, 1.165) is 48.3 Å². The van der Waals surface area contributed by atoms with Gasteiger partial charge >= 0.3 is 0 Å². The number of nitrogen functional groups attached to an aromatic ring is 1. The van der Waals surface area contributed by atoms with Gasteiger partial charge in [-0.2, -0.15) is 0 Å². The summed E-state index contributed by atoms with van der Waals surface area (Å²) in [5.74, 6) is 2.13. The Hall–Kier alpha value is -3.51. The lowest BCUT2D eigenvalue weighted by atomic mass is 9.82. The summed E-state index contributed by atoms with van der Waals surface area (Å²) < 4.78 is 2.06. The molecule has 0 unspecified atom stereocenters.